The molecule has 0 bridgehead atoms. The Morgan fingerprint density at radius 3 is 2.38 bits per heavy atom. The Morgan fingerprint density at radius 1 is 1.12 bits per heavy atom. The molecule has 0 atom stereocenters. The highest BCUT2D eigenvalue weighted by atomic mass is 15.0. The maximum atomic E-state index is 2.43. The molecule has 0 fully saturated rings. The minimum absolute atomic E-state index is 0.211. The maximum absolute atomic E-state index is 2.43. The second kappa shape index (κ2) is 3.65. The number of hydrogen-bond acceptors (Lipinski definition) is 0. The Balaban J connectivity index is 2.77. The molecule has 1 aromatic carbocycles. The number of rotatable bonds is 1. The summed E-state index contributed by atoms with van der Waals surface area (Å²) < 4.78 is 2.43. The Hall–Kier alpha value is -1.24. The highest BCUT2D eigenvalue weighted by Gasteiger charge is 2.19. The van der Waals surface area contributed by atoms with Crippen LogP contribution < -0.4 is 0 Å². The number of benzene rings is 1. The van der Waals surface area contributed by atoms with Gasteiger partial charge in [-0.15, -0.1) is 0 Å². The third-order valence-electron chi connectivity index (χ3n) is 3.14. The lowest BCUT2D eigenvalue weighted by atomic mass is 9.92. The molecular formula is C15H21N. The molecule has 0 N–H and O–H groups in total. The quantitative estimate of drug-likeness (QED) is 0.669. The van der Waals surface area contributed by atoms with Gasteiger partial charge in [-0.3, -0.25) is 0 Å². The second-order valence-electron chi connectivity index (χ2n) is 5.59. The van der Waals surface area contributed by atoms with Crippen LogP contribution in [-0.2, 0) is 12.0 Å². The van der Waals surface area contributed by atoms with Crippen molar-refractivity contribution in [2.75, 3.05) is 0 Å². The molecule has 0 unspecified atom stereocenters. The summed E-state index contributed by atoms with van der Waals surface area (Å²) in [5.41, 5.74) is 4.34. The number of aryl methyl sites for hydroxylation is 2. The third kappa shape index (κ3) is 1.75. The van der Waals surface area contributed by atoms with E-state index in [0.717, 1.165) is 6.54 Å². The van der Waals surface area contributed by atoms with Crippen molar-refractivity contribution < 1.29 is 0 Å². The monoisotopic (exact) mass is 215 g/mol. The summed E-state index contributed by atoms with van der Waals surface area (Å²) in [6, 6.07) is 9.03. The number of nitrogens with zero attached hydrogens (tertiary/aromatic N) is 1. The van der Waals surface area contributed by atoms with E-state index in [4.69, 9.17) is 0 Å². The van der Waals surface area contributed by atoms with Crippen LogP contribution in [0.4, 0.5) is 0 Å². The second-order valence-corrected chi connectivity index (χ2v) is 5.59. The summed E-state index contributed by atoms with van der Waals surface area (Å²) in [4.78, 5) is 0. The van der Waals surface area contributed by atoms with Gasteiger partial charge in [0.05, 0.1) is 0 Å². The van der Waals surface area contributed by atoms with Crippen LogP contribution in [-0.4, -0.2) is 4.57 Å². The van der Waals surface area contributed by atoms with E-state index in [0.29, 0.717) is 0 Å². The molecule has 0 saturated carbocycles. The molecule has 0 amide bonds. The summed E-state index contributed by atoms with van der Waals surface area (Å²) in [6.07, 6.45) is 0. The van der Waals surface area contributed by atoms with Gasteiger partial charge in [-0.2, -0.15) is 0 Å². The number of hydrogen-bond donors (Lipinski definition) is 0. The average molecular weight is 215 g/mol. The Morgan fingerprint density at radius 2 is 1.81 bits per heavy atom. The zero-order valence-electron chi connectivity index (χ0n) is 11.0. The van der Waals surface area contributed by atoms with Gasteiger partial charge in [0.2, 0.25) is 0 Å². The number of aromatic nitrogens is 1. The van der Waals surface area contributed by atoms with Crippen molar-refractivity contribution in [3.8, 4) is 0 Å². The Labute approximate surface area is 98.1 Å². The largest absolute Gasteiger partial charge is 0.344 e. The molecule has 86 valence electrons. The van der Waals surface area contributed by atoms with Gasteiger partial charge in [0.25, 0.3) is 0 Å². The molecule has 2 rings (SSSR count). The highest BCUT2D eigenvalue weighted by molar-refractivity contribution is 5.82. The Kier molecular flexibility index (Phi) is 2.57. The van der Waals surface area contributed by atoms with Gasteiger partial charge in [-0.05, 0) is 36.9 Å². The van der Waals surface area contributed by atoms with Crippen LogP contribution in [0.25, 0.3) is 10.9 Å². The molecule has 16 heavy (non-hydrogen) atoms. The standard InChI is InChI=1S/C15H21N/c1-6-16-13-9-11(2)7-8-12(13)10-14(16)15(3,4)5/h7-10H,6H2,1-5H3. The van der Waals surface area contributed by atoms with Gasteiger partial charge in [-0.1, -0.05) is 32.9 Å². The highest BCUT2D eigenvalue weighted by Crippen LogP contribution is 2.29. The van der Waals surface area contributed by atoms with Crippen LogP contribution in [0.15, 0.2) is 24.3 Å². The van der Waals surface area contributed by atoms with Gasteiger partial charge in [0, 0.05) is 23.2 Å². The molecule has 1 nitrogen and oxygen atoms in total. The van der Waals surface area contributed by atoms with E-state index < -0.39 is 0 Å². The van der Waals surface area contributed by atoms with Crippen molar-refractivity contribution in [3.63, 3.8) is 0 Å². The first-order valence-corrected chi connectivity index (χ1v) is 6.04. The van der Waals surface area contributed by atoms with E-state index >= 15 is 0 Å². The fourth-order valence-electron chi connectivity index (χ4n) is 2.33. The molecule has 1 heterocycles. The van der Waals surface area contributed by atoms with Gasteiger partial charge in [-0.25, -0.2) is 0 Å². The first-order chi connectivity index (χ1) is 7.43. The van der Waals surface area contributed by atoms with E-state index in [9.17, 15) is 0 Å². The van der Waals surface area contributed by atoms with Crippen LogP contribution in [0.2, 0.25) is 0 Å². The molecule has 0 saturated heterocycles. The molecule has 0 aliphatic heterocycles. The zero-order valence-corrected chi connectivity index (χ0v) is 11.0. The van der Waals surface area contributed by atoms with Crippen molar-refractivity contribution >= 4 is 10.9 Å². The van der Waals surface area contributed by atoms with Crippen molar-refractivity contribution in [3.05, 3.63) is 35.5 Å². The lowest BCUT2D eigenvalue weighted by Gasteiger charge is -2.21. The molecule has 2 aromatic rings. The van der Waals surface area contributed by atoms with Gasteiger partial charge < -0.3 is 4.57 Å². The van der Waals surface area contributed by atoms with Crippen LogP contribution in [0, 0.1) is 6.92 Å². The average Bonchev–Trinajstić information content (AvgIpc) is 2.54. The molecule has 1 heteroatoms. The first kappa shape index (κ1) is 11.3. The van der Waals surface area contributed by atoms with Crippen molar-refractivity contribution in [2.45, 2.75) is 46.6 Å². The van der Waals surface area contributed by atoms with Gasteiger partial charge in [0.15, 0.2) is 0 Å². The zero-order chi connectivity index (χ0) is 11.9. The molecule has 0 aliphatic carbocycles. The molecular weight excluding hydrogens is 194 g/mol. The van der Waals surface area contributed by atoms with E-state index in [2.05, 4.69) is 63.5 Å². The minimum atomic E-state index is 0.211. The topological polar surface area (TPSA) is 4.93 Å². The molecule has 0 spiro atoms. The molecule has 1 aromatic heterocycles. The smallest absolute Gasteiger partial charge is 0.0485 e. The summed E-state index contributed by atoms with van der Waals surface area (Å²) in [5.74, 6) is 0. The summed E-state index contributed by atoms with van der Waals surface area (Å²) in [7, 11) is 0. The summed E-state index contributed by atoms with van der Waals surface area (Å²) in [5, 5.41) is 1.36. The predicted molar refractivity (Wildman–Crippen MR) is 71.0 cm³/mol. The minimum Gasteiger partial charge on any atom is -0.344 e. The maximum Gasteiger partial charge on any atom is 0.0485 e. The summed E-state index contributed by atoms with van der Waals surface area (Å²) in [6.45, 7) is 12.3. The fourth-order valence-corrected chi connectivity index (χ4v) is 2.33. The SMILES string of the molecule is CCn1c(C(C)(C)C)cc2ccc(C)cc21. The number of fused-ring (bicyclic) bond motifs is 1. The van der Waals surface area contributed by atoms with E-state index in [1.165, 1.54) is 22.2 Å². The third-order valence-corrected chi connectivity index (χ3v) is 3.14. The van der Waals surface area contributed by atoms with E-state index in [-0.39, 0.29) is 5.41 Å². The normalized spacial score (nSPS) is 12.3. The van der Waals surface area contributed by atoms with Crippen molar-refractivity contribution in [1.82, 2.24) is 4.57 Å². The fraction of sp³-hybridized carbons (Fsp3) is 0.467. The lowest BCUT2D eigenvalue weighted by Crippen LogP contribution is -2.16. The first-order valence-electron chi connectivity index (χ1n) is 6.04. The van der Waals surface area contributed by atoms with E-state index in [1.807, 2.05) is 0 Å². The molecule has 0 radical (unpaired) electrons. The Bertz CT molecular complexity index is 512. The van der Waals surface area contributed by atoms with Crippen LogP contribution >= 0.6 is 0 Å². The molecule has 0 aliphatic rings. The summed E-state index contributed by atoms with van der Waals surface area (Å²) >= 11 is 0. The van der Waals surface area contributed by atoms with Gasteiger partial charge >= 0.3 is 0 Å². The van der Waals surface area contributed by atoms with Crippen LogP contribution in [0.1, 0.15) is 39.0 Å². The van der Waals surface area contributed by atoms with Crippen molar-refractivity contribution in [1.29, 1.82) is 0 Å². The van der Waals surface area contributed by atoms with Crippen LogP contribution in [0.3, 0.4) is 0 Å². The van der Waals surface area contributed by atoms with Crippen LogP contribution in [0.5, 0.6) is 0 Å². The predicted octanol–water partition coefficient (Wildman–Crippen LogP) is 4.27. The van der Waals surface area contributed by atoms with Gasteiger partial charge in [0.1, 0.15) is 0 Å². The lowest BCUT2D eigenvalue weighted by molar-refractivity contribution is 0.531. The van der Waals surface area contributed by atoms with Crippen molar-refractivity contribution in [2.24, 2.45) is 0 Å². The van der Waals surface area contributed by atoms with E-state index in [1.54, 1.807) is 0 Å².